The van der Waals surface area contributed by atoms with Crippen LogP contribution in [0.25, 0.3) is 0 Å². The second kappa shape index (κ2) is 3.40. The van der Waals surface area contributed by atoms with Crippen LogP contribution in [0.2, 0.25) is 0 Å². The summed E-state index contributed by atoms with van der Waals surface area (Å²) < 4.78 is 5.87. The first-order valence-electron chi connectivity index (χ1n) is 7.05. The summed E-state index contributed by atoms with van der Waals surface area (Å²) in [6.07, 6.45) is 1.84. The van der Waals surface area contributed by atoms with Crippen LogP contribution in [0.15, 0.2) is 30.3 Å². The Hall–Kier alpha value is -1.35. The van der Waals surface area contributed by atoms with E-state index in [2.05, 4.69) is 13.8 Å². The molecule has 3 nitrogen and oxygen atoms in total. The molecule has 1 saturated carbocycles. The zero-order chi connectivity index (χ0) is 13.3. The molecule has 1 aromatic rings. The number of carbonyl (C=O) groups excluding carboxylic acids is 1. The molecule has 3 heteroatoms. The first kappa shape index (κ1) is 11.5. The first-order chi connectivity index (χ1) is 9.05. The maximum Gasteiger partial charge on any atom is 0.232 e. The highest BCUT2D eigenvalue weighted by Crippen LogP contribution is 2.70. The van der Waals surface area contributed by atoms with Gasteiger partial charge in [-0.05, 0) is 18.3 Å². The van der Waals surface area contributed by atoms with Crippen molar-refractivity contribution in [3.8, 4) is 0 Å². The number of hydrogen-bond donors (Lipinski definition) is 0. The summed E-state index contributed by atoms with van der Waals surface area (Å²) in [6.45, 7) is 5.11. The van der Waals surface area contributed by atoms with Gasteiger partial charge in [0.15, 0.2) is 6.23 Å². The van der Waals surface area contributed by atoms with Crippen LogP contribution in [0.3, 0.4) is 0 Å². The predicted octanol–water partition coefficient (Wildman–Crippen LogP) is 2.73. The Morgan fingerprint density at radius 3 is 2.58 bits per heavy atom. The Morgan fingerprint density at radius 2 is 1.95 bits per heavy atom. The van der Waals surface area contributed by atoms with Gasteiger partial charge in [-0.25, -0.2) is 0 Å². The molecule has 2 heterocycles. The van der Waals surface area contributed by atoms with E-state index < -0.39 is 0 Å². The third-order valence-electron chi connectivity index (χ3n) is 5.32. The van der Waals surface area contributed by atoms with E-state index in [1.807, 2.05) is 35.2 Å². The Kier molecular flexibility index (Phi) is 2.05. The zero-order valence-electron chi connectivity index (χ0n) is 11.4. The summed E-state index contributed by atoms with van der Waals surface area (Å²) in [5, 5.41) is 0. The molecule has 0 N–H and O–H groups in total. The summed E-state index contributed by atoms with van der Waals surface area (Å²) in [5.74, 6) is 0.314. The van der Waals surface area contributed by atoms with Crippen LogP contribution in [-0.4, -0.2) is 23.5 Å². The van der Waals surface area contributed by atoms with Crippen molar-refractivity contribution in [3.63, 3.8) is 0 Å². The number of fused-ring (bicyclic) bond motifs is 1. The normalized spacial score (nSPS) is 38.8. The van der Waals surface area contributed by atoms with Crippen molar-refractivity contribution in [1.82, 2.24) is 4.90 Å². The monoisotopic (exact) mass is 257 g/mol. The maximum absolute atomic E-state index is 12.8. The highest BCUT2D eigenvalue weighted by atomic mass is 16.5. The Bertz CT molecular complexity index is 539. The van der Waals surface area contributed by atoms with Crippen molar-refractivity contribution in [2.75, 3.05) is 6.61 Å². The summed E-state index contributed by atoms with van der Waals surface area (Å²) in [5.41, 5.74) is 1.18. The van der Waals surface area contributed by atoms with Gasteiger partial charge in [0.25, 0.3) is 0 Å². The molecule has 1 aromatic carbocycles. The minimum atomic E-state index is -0.172. The van der Waals surface area contributed by atoms with E-state index in [0.717, 1.165) is 18.4 Å². The van der Waals surface area contributed by atoms with E-state index in [4.69, 9.17) is 4.74 Å². The fourth-order valence-electron chi connectivity index (χ4n) is 4.02. The van der Waals surface area contributed by atoms with Crippen molar-refractivity contribution in [2.45, 2.75) is 39.0 Å². The summed E-state index contributed by atoms with van der Waals surface area (Å²) in [4.78, 5) is 14.8. The van der Waals surface area contributed by atoms with E-state index in [-0.39, 0.29) is 23.1 Å². The predicted molar refractivity (Wildman–Crippen MR) is 71.2 cm³/mol. The van der Waals surface area contributed by atoms with Crippen molar-refractivity contribution in [2.24, 2.45) is 10.8 Å². The molecule has 3 fully saturated rings. The van der Waals surface area contributed by atoms with Gasteiger partial charge in [-0.15, -0.1) is 0 Å². The molecular formula is C16H19NO2. The Morgan fingerprint density at radius 1 is 1.26 bits per heavy atom. The molecule has 0 aromatic heterocycles. The molecule has 1 amide bonds. The fraction of sp³-hybridized carbons (Fsp3) is 0.562. The van der Waals surface area contributed by atoms with Gasteiger partial charge < -0.3 is 9.64 Å². The van der Waals surface area contributed by atoms with Gasteiger partial charge in [0.2, 0.25) is 5.91 Å². The van der Waals surface area contributed by atoms with Gasteiger partial charge in [-0.1, -0.05) is 44.2 Å². The topological polar surface area (TPSA) is 29.5 Å². The number of nitrogens with zero attached hydrogens (tertiary/aromatic N) is 1. The lowest BCUT2D eigenvalue weighted by Gasteiger charge is -2.23. The van der Waals surface area contributed by atoms with Crippen molar-refractivity contribution in [1.29, 1.82) is 0 Å². The number of carbonyl (C=O) groups is 1. The minimum Gasteiger partial charge on any atom is -0.352 e. The molecule has 4 rings (SSSR count). The minimum absolute atomic E-state index is 0.0888. The number of benzene rings is 1. The molecule has 3 atom stereocenters. The number of ether oxygens (including phenoxy) is 1. The van der Waals surface area contributed by atoms with Gasteiger partial charge in [-0.3, -0.25) is 4.79 Å². The van der Waals surface area contributed by atoms with Gasteiger partial charge >= 0.3 is 0 Å². The largest absolute Gasteiger partial charge is 0.352 e. The Balaban J connectivity index is 1.68. The lowest BCUT2D eigenvalue weighted by atomic mass is 9.92. The molecule has 0 unspecified atom stereocenters. The highest BCUT2D eigenvalue weighted by molar-refractivity contribution is 5.90. The number of hydrogen-bond acceptors (Lipinski definition) is 2. The van der Waals surface area contributed by atoms with Crippen LogP contribution in [0.4, 0.5) is 0 Å². The fourth-order valence-corrected chi connectivity index (χ4v) is 4.02. The lowest BCUT2D eigenvalue weighted by molar-refractivity contribution is -0.139. The smallest absolute Gasteiger partial charge is 0.232 e. The lowest BCUT2D eigenvalue weighted by Crippen LogP contribution is -2.33. The number of amides is 1. The third-order valence-corrected chi connectivity index (χ3v) is 5.32. The summed E-state index contributed by atoms with van der Waals surface area (Å²) in [6, 6.07) is 10.4. The van der Waals surface area contributed by atoms with Crippen LogP contribution < -0.4 is 0 Å². The second-order valence-corrected chi connectivity index (χ2v) is 6.81. The zero-order valence-corrected chi connectivity index (χ0v) is 11.4. The van der Waals surface area contributed by atoms with Crippen molar-refractivity contribution < 1.29 is 9.53 Å². The molecule has 19 heavy (non-hydrogen) atoms. The SMILES string of the molecule is CC1(C)C[C@]12C[C@H]1CO[C@H](c3ccccc3)N1C2=O. The third kappa shape index (κ3) is 1.34. The van der Waals surface area contributed by atoms with E-state index >= 15 is 0 Å². The van der Waals surface area contributed by atoms with Gasteiger partial charge in [0, 0.05) is 5.56 Å². The Labute approximate surface area is 113 Å². The van der Waals surface area contributed by atoms with E-state index in [1.165, 1.54) is 0 Å². The van der Waals surface area contributed by atoms with Crippen LogP contribution in [0.1, 0.15) is 38.5 Å². The van der Waals surface area contributed by atoms with E-state index in [1.54, 1.807) is 0 Å². The molecule has 0 bridgehead atoms. The molecule has 0 radical (unpaired) electrons. The number of rotatable bonds is 1. The van der Waals surface area contributed by atoms with Crippen LogP contribution >= 0.6 is 0 Å². The molecule has 1 spiro atoms. The van der Waals surface area contributed by atoms with Crippen LogP contribution in [0.5, 0.6) is 0 Å². The molecule has 3 aliphatic rings. The summed E-state index contributed by atoms with van der Waals surface area (Å²) >= 11 is 0. The average Bonchev–Trinajstić information content (AvgIpc) is 2.72. The van der Waals surface area contributed by atoms with Gasteiger partial charge in [0.05, 0.1) is 18.1 Å². The maximum atomic E-state index is 12.8. The van der Waals surface area contributed by atoms with Gasteiger partial charge in [0.1, 0.15) is 0 Å². The van der Waals surface area contributed by atoms with Gasteiger partial charge in [-0.2, -0.15) is 0 Å². The van der Waals surface area contributed by atoms with E-state index in [0.29, 0.717) is 12.5 Å². The standard InChI is InChI=1S/C16H19NO2/c1-15(2)10-16(15)8-12-9-19-13(17(12)14(16)18)11-6-4-3-5-7-11/h3-7,12-13H,8-10H2,1-2H3/t12-,13+,16-/m0/s1. The van der Waals surface area contributed by atoms with Crippen LogP contribution in [0, 0.1) is 10.8 Å². The summed E-state index contributed by atoms with van der Waals surface area (Å²) in [7, 11) is 0. The molecular weight excluding hydrogens is 238 g/mol. The quantitative estimate of drug-likeness (QED) is 0.774. The molecule has 1 aliphatic carbocycles. The van der Waals surface area contributed by atoms with Crippen LogP contribution in [-0.2, 0) is 9.53 Å². The second-order valence-electron chi connectivity index (χ2n) is 6.81. The molecule has 2 aliphatic heterocycles. The van der Waals surface area contributed by atoms with Crippen molar-refractivity contribution >= 4 is 5.91 Å². The van der Waals surface area contributed by atoms with Crippen molar-refractivity contribution in [3.05, 3.63) is 35.9 Å². The average molecular weight is 257 g/mol. The highest BCUT2D eigenvalue weighted by Gasteiger charge is 2.72. The molecule has 100 valence electrons. The molecule has 2 saturated heterocycles. The first-order valence-corrected chi connectivity index (χ1v) is 7.05. The van der Waals surface area contributed by atoms with E-state index in [9.17, 15) is 4.79 Å².